The first-order valence-electron chi connectivity index (χ1n) is 12.9. The van der Waals surface area contributed by atoms with Gasteiger partial charge >= 0.3 is 5.97 Å². The number of esters is 1. The van der Waals surface area contributed by atoms with E-state index in [1.54, 1.807) is 0 Å². The Morgan fingerprint density at radius 3 is 2.64 bits per heavy atom. The highest BCUT2D eigenvalue weighted by molar-refractivity contribution is 6.02. The van der Waals surface area contributed by atoms with Gasteiger partial charge in [0.05, 0.1) is 25.3 Å². The average molecular weight is 500 g/mol. The van der Waals surface area contributed by atoms with Gasteiger partial charge in [-0.05, 0) is 65.9 Å². The Kier molecular flexibility index (Phi) is 8.88. The number of rotatable bonds is 10. The topological polar surface area (TPSA) is 96.3 Å². The van der Waals surface area contributed by atoms with E-state index in [1.807, 2.05) is 13.8 Å². The molecular weight excluding hydrogens is 458 g/mol. The summed E-state index contributed by atoms with van der Waals surface area (Å²) >= 11 is 0. The van der Waals surface area contributed by atoms with Crippen LogP contribution in [0.4, 0.5) is 0 Å². The molecule has 7 heteroatoms. The number of aliphatic hydroxyl groups is 1. The molecule has 0 bridgehead atoms. The maximum atomic E-state index is 13.3. The Hall–Kier alpha value is -2.80. The van der Waals surface area contributed by atoms with E-state index in [4.69, 9.17) is 9.47 Å². The number of carbonyl (C=O) groups excluding carboxylic acids is 2. The van der Waals surface area contributed by atoms with Gasteiger partial charge in [-0.2, -0.15) is 0 Å². The van der Waals surface area contributed by atoms with Crippen LogP contribution >= 0.6 is 0 Å². The Bertz CT molecular complexity index is 1050. The lowest BCUT2D eigenvalue weighted by Gasteiger charge is -2.41. The Labute approximate surface area is 214 Å². The van der Waals surface area contributed by atoms with Crippen LogP contribution in [0.5, 0.6) is 11.5 Å². The number of allylic oxidation sites excluding steroid dienone is 4. The van der Waals surface area contributed by atoms with Gasteiger partial charge in [-0.25, -0.2) is 4.79 Å². The van der Waals surface area contributed by atoms with Crippen molar-refractivity contribution < 1.29 is 29.3 Å². The number of phenols is 1. The van der Waals surface area contributed by atoms with Crippen molar-refractivity contribution in [3.8, 4) is 11.5 Å². The molecule has 2 heterocycles. The molecule has 1 amide bonds. The smallest absolute Gasteiger partial charge is 0.328 e. The molecule has 1 aromatic carbocycles. The summed E-state index contributed by atoms with van der Waals surface area (Å²) in [6, 6.07) is 0.742. The van der Waals surface area contributed by atoms with Gasteiger partial charge < -0.3 is 24.6 Å². The van der Waals surface area contributed by atoms with Gasteiger partial charge in [0.1, 0.15) is 23.1 Å². The molecule has 1 unspecified atom stereocenters. The Morgan fingerprint density at radius 2 is 2.00 bits per heavy atom. The summed E-state index contributed by atoms with van der Waals surface area (Å²) in [5.74, 6) is -0.388. The van der Waals surface area contributed by atoms with Gasteiger partial charge in [-0.1, -0.05) is 36.6 Å². The SMILES string of the molecule is CCC[C@H](C(=O)OC)N1Cc2c(cc(O)c3c2OC(C)(CC/C=C(\C)CCC=C(C)C)[C@@H](O)C3)C1=O. The van der Waals surface area contributed by atoms with Gasteiger partial charge in [-0.3, -0.25) is 4.79 Å². The Balaban J connectivity index is 1.83. The summed E-state index contributed by atoms with van der Waals surface area (Å²) in [6.45, 7) is 10.3. The predicted molar refractivity (Wildman–Crippen MR) is 139 cm³/mol. The highest BCUT2D eigenvalue weighted by atomic mass is 16.5. The Morgan fingerprint density at radius 1 is 1.28 bits per heavy atom. The first-order valence-corrected chi connectivity index (χ1v) is 12.9. The van der Waals surface area contributed by atoms with Crippen molar-refractivity contribution >= 4 is 11.9 Å². The molecule has 198 valence electrons. The maximum Gasteiger partial charge on any atom is 0.328 e. The lowest BCUT2D eigenvalue weighted by Crippen LogP contribution is -2.49. The normalized spacial score (nSPS) is 22.0. The number of aliphatic hydroxyl groups excluding tert-OH is 1. The van der Waals surface area contributed by atoms with Crippen molar-refractivity contribution in [1.29, 1.82) is 0 Å². The van der Waals surface area contributed by atoms with Crippen LogP contribution in [0.15, 0.2) is 29.4 Å². The minimum absolute atomic E-state index is 0.0693. The van der Waals surface area contributed by atoms with Crippen molar-refractivity contribution in [3.05, 3.63) is 46.1 Å². The van der Waals surface area contributed by atoms with Gasteiger partial charge in [0, 0.05) is 17.5 Å². The molecule has 3 atom stereocenters. The number of amides is 1. The molecule has 2 N–H and O–H groups in total. The largest absolute Gasteiger partial charge is 0.508 e. The summed E-state index contributed by atoms with van der Waals surface area (Å²) < 4.78 is 11.4. The molecule has 0 aliphatic carbocycles. The summed E-state index contributed by atoms with van der Waals surface area (Å²) in [5.41, 5.74) is 3.24. The van der Waals surface area contributed by atoms with E-state index in [9.17, 15) is 19.8 Å². The van der Waals surface area contributed by atoms with E-state index in [-0.39, 0.29) is 24.6 Å². The molecule has 1 aromatic rings. The molecule has 3 rings (SSSR count). The highest BCUT2D eigenvalue weighted by Crippen LogP contribution is 2.46. The van der Waals surface area contributed by atoms with Crippen molar-refractivity contribution in [2.24, 2.45) is 0 Å². The number of fused-ring (bicyclic) bond motifs is 3. The molecular formula is C29H41NO6. The molecule has 0 saturated heterocycles. The van der Waals surface area contributed by atoms with E-state index in [0.717, 1.165) is 19.3 Å². The van der Waals surface area contributed by atoms with E-state index >= 15 is 0 Å². The van der Waals surface area contributed by atoms with Gasteiger partial charge in [0.25, 0.3) is 5.91 Å². The van der Waals surface area contributed by atoms with Crippen molar-refractivity contribution in [2.45, 2.75) is 104 Å². The fraction of sp³-hybridized carbons (Fsp3) is 0.586. The molecule has 7 nitrogen and oxygen atoms in total. The van der Waals surface area contributed by atoms with Crippen LogP contribution in [-0.4, -0.2) is 51.8 Å². The second-order valence-electron chi connectivity index (χ2n) is 10.5. The van der Waals surface area contributed by atoms with Gasteiger partial charge in [-0.15, -0.1) is 0 Å². The summed E-state index contributed by atoms with van der Waals surface area (Å²) in [6.07, 6.45) is 8.39. The van der Waals surface area contributed by atoms with E-state index in [2.05, 4.69) is 32.9 Å². The van der Waals surface area contributed by atoms with Gasteiger partial charge in [0.2, 0.25) is 0 Å². The van der Waals surface area contributed by atoms with Crippen LogP contribution in [0, 0.1) is 0 Å². The number of ether oxygens (including phenoxy) is 2. The number of carbonyl (C=O) groups is 2. The maximum absolute atomic E-state index is 13.3. The number of methoxy groups -OCH3 is 1. The number of hydrogen-bond acceptors (Lipinski definition) is 6. The van der Waals surface area contributed by atoms with Crippen molar-refractivity contribution in [2.75, 3.05) is 7.11 Å². The predicted octanol–water partition coefficient (Wildman–Crippen LogP) is 5.22. The summed E-state index contributed by atoms with van der Waals surface area (Å²) in [7, 11) is 1.32. The number of phenolic OH excluding ortho intramolecular Hbond substituents is 1. The monoisotopic (exact) mass is 499 g/mol. The molecule has 0 fully saturated rings. The molecule has 0 saturated carbocycles. The van der Waals surface area contributed by atoms with Crippen LogP contribution in [-0.2, 0) is 22.5 Å². The van der Waals surface area contributed by atoms with Crippen LogP contribution in [0.25, 0.3) is 0 Å². The molecule has 2 aliphatic rings. The zero-order valence-corrected chi connectivity index (χ0v) is 22.5. The quantitative estimate of drug-likeness (QED) is 0.339. The van der Waals surface area contributed by atoms with E-state index < -0.39 is 23.7 Å². The van der Waals surface area contributed by atoms with Crippen LogP contribution < -0.4 is 4.74 Å². The van der Waals surface area contributed by atoms with Crippen molar-refractivity contribution in [1.82, 2.24) is 4.90 Å². The summed E-state index contributed by atoms with van der Waals surface area (Å²) in [4.78, 5) is 27.2. The van der Waals surface area contributed by atoms with Crippen molar-refractivity contribution in [3.63, 3.8) is 0 Å². The second kappa shape index (κ2) is 11.5. The zero-order valence-electron chi connectivity index (χ0n) is 22.5. The minimum Gasteiger partial charge on any atom is -0.508 e. The standard InChI is InChI=1S/C29H41NO6/c1-7-10-23(28(34)35-6)30-17-22-20(27(30)33)15-24(31)21-16-25(32)29(5,36-26(21)22)14-9-13-19(4)12-8-11-18(2)3/h11,13,15,23,25,31-32H,7-10,12,14,16-17H2,1-6H3/b19-13+/t23-,25+,29?/m1/s1. The van der Waals surface area contributed by atoms with E-state index in [0.29, 0.717) is 41.7 Å². The molecule has 0 radical (unpaired) electrons. The third kappa shape index (κ3) is 5.77. The second-order valence-corrected chi connectivity index (χ2v) is 10.5. The molecule has 36 heavy (non-hydrogen) atoms. The summed E-state index contributed by atoms with van der Waals surface area (Å²) in [5, 5.41) is 21.7. The number of hydrogen-bond donors (Lipinski definition) is 2. The zero-order chi connectivity index (χ0) is 26.6. The third-order valence-corrected chi connectivity index (χ3v) is 7.36. The lowest BCUT2D eigenvalue weighted by molar-refractivity contribution is -0.146. The molecule has 0 aromatic heterocycles. The fourth-order valence-electron chi connectivity index (χ4n) is 5.08. The van der Waals surface area contributed by atoms with Crippen LogP contribution in [0.3, 0.4) is 0 Å². The number of benzene rings is 1. The third-order valence-electron chi connectivity index (χ3n) is 7.36. The lowest BCUT2D eigenvalue weighted by atomic mass is 9.84. The first-order chi connectivity index (χ1) is 17.0. The minimum atomic E-state index is -0.868. The average Bonchev–Trinajstić information content (AvgIpc) is 3.14. The molecule has 0 spiro atoms. The van der Waals surface area contributed by atoms with Crippen LogP contribution in [0.1, 0.15) is 94.6 Å². The number of aromatic hydroxyl groups is 1. The molecule has 2 aliphatic heterocycles. The fourth-order valence-corrected chi connectivity index (χ4v) is 5.08. The van der Waals surface area contributed by atoms with Crippen LogP contribution in [0.2, 0.25) is 0 Å². The van der Waals surface area contributed by atoms with Gasteiger partial charge in [0.15, 0.2) is 0 Å². The number of nitrogens with zero attached hydrogens (tertiary/aromatic N) is 1. The van der Waals surface area contributed by atoms with E-state index in [1.165, 1.54) is 29.2 Å². The highest BCUT2D eigenvalue weighted by Gasteiger charge is 2.45. The first kappa shape index (κ1) is 27.8.